The predicted octanol–water partition coefficient (Wildman–Crippen LogP) is 4.04. The molecule has 1 aliphatic rings. The Bertz CT molecular complexity index is 1100. The fourth-order valence-electron chi connectivity index (χ4n) is 3.43. The van der Waals surface area contributed by atoms with Gasteiger partial charge in [-0.15, -0.1) is 0 Å². The van der Waals surface area contributed by atoms with E-state index in [4.69, 9.17) is 25.6 Å². The third-order valence-corrected chi connectivity index (χ3v) is 5.49. The lowest BCUT2D eigenvalue weighted by Crippen LogP contribution is -2.40. The van der Waals surface area contributed by atoms with Crippen LogP contribution in [-0.2, 0) is 22.7 Å². The molecule has 33 heavy (non-hydrogen) atoms. The van der Waals surface area contributed by atoms with E-state index in [2.05, 4.69) is 10.1 Å². The monoisotopic (exact) mass is 473 g/mol. The minimum Gasteiger partial charge on any atom is -0.485 e. The van der Waals surface area contributed by atoms with E-state index in [0.717, 1.165) is 0 Å². The lowest BCUT2D eigenvalue weighted by molar-refractivity contribution is -0.152. The van der Waals surface area contributed by atoms with Crippen molar-refractivity contribution in [3.8, 4) is 5.75 Å². The fraction of sp³-hybridized carbons (Fsp3) is 0.304. The maximum absolute atomic E-state index is 12.9. The van der Waals surface area contributed by atoms with Crippen LogP contribution in [0.3, 0.4) is 0 Å². The summed E-state index contributed by atoms with van der Waals surface area (Å²) < 4.78 is 28.8. The molecule has 0 atom stereocenters. The van der Waals surface area contributed by atoms with Gasteiger partial charge in [-0.25, -0.2) is 4.39 Å². The molecule has 0 spiro atoms. The fourth-order valence-corrected chi connectivity index (χ4v) is 3.56. The number of rotatable bonds is 7. The number of nitrogens with zero attached hydrogens (tertiary/aromatic N) is 3. The van der Waals surface area contributed by atoms with Gasteiger partial charge in [0.15, 0.2) is 13.2 Å². The summed E-state index contributed by atoms with van der Waals surface area (Å²) in [6.07, 6.45) is 1.03. The molecule has 2 aromatic carbocycles. The average molecular weight is 474 g/mol. The Morgan fingerprint density at radius 2 is 1.76 bits per heavy atom. The highest BCUT2D eigenvalue weighted by molar-refractivity contribution is 6.30. The third kappa shape index (κ3) is 6.07. The van der Waals surface area contributed by atoms with Crippen molar-refractivity contribution in [2.75, 3.05) is 13.1 Å². The summed E-state index contributed by atoms with van der Waals surface area (Å²) in [5.74, 6) is -0.213. The highest BCUT2D eigenvalue weighted by Gasteiger charge is 2.29. The van der Waals surface area contributed by atoms with Gasteiger partial charge >= 0.3 is 5.97 Å². The molecule has 4 rings (SSSR count). The maximum atomic E-state index is 12.9. The van der Waals surface area contributed by atoms with Crippen LogP contribution in [-0.4, -0.2) is 40.0 Å². The summed E-state index contributed by atoms with van der Waals surface area (Å²) in [6.45, 7) is 0.814. The van der Waals surface area contributed by atoms with Crippen molar-refractivity contribution >= 4 is 23.5 Å². The number of carbonyl (C=O) groups is 2. The number of likely N-dealkylation sites (tertiary alicyclic amines) is 1. The van der Waals surface area contributed by atoms with Gasteiger partial charge in [-0.05, 0) is 61.4 Å². The molecular weight excluding hydrogens is 453 g/mol. The lowest BCUT2D eigenvalue weighted by Gasteiger charge is -2.30. The molecule has 0 radical (unpaired) electrons. The highest BCUT2D eigenvalue weighted by atomic mass is 35.5. The van der Waals surface area contributed by atoms with E-state index in [-0.39, 0.29) is 48.5 Å². The number of halogens is 2. The molecule has 10 heteroatoms. The first-order valence-electron chi connectivity index (χ1n) is 10.4. The molecular formula is C23H21ClFN3O5. The van der Waals surface area contributed by atoms with Crippen molar-refractivity contribution in [3.63, 3.8) is 0 Å². The highest BCUT2D eigenvalue weighted by Crippen LogP contribution is 2.21. The Labute approximate surface area is 194 Å². The molecule has 1 aliphatic heterocycles. The van der Waals surface area contributed by atoms with E-state index in [9.17, 15) is 14.0 Å². The van der Waals surface area contributed by atoms with E-state index in [1.807, 2.05) is 0 Å². The van der Waals surface area contributed by atoms with Crippen LogP contribution in [0, 0.1) is 11.7 Å². The number of ether oxygens (including phenoxy) is 2. The molecule has 1 fully saturated rings. The van der Waals surface area contributed by atoms with Crippen molar-refractivity contribution < 1.29 is 28.0 Å². The van der Waals surface area contributed by atoms with Gasteiger partial charge in [0, 0.05) is 23.7 Å². The van der Waals surface area contributed by atoms with Crippen LogP contribution in [0.25, 0.3) is 0 Å². The van der Waals surface area contributed by atoms with E-state index < -0.39 is 0 Å². The van der Waals surface area contributed by atoms with Crippen LogP contribution in [0.4, 0.5) is 4.39 Å². The lowest BCUT2D eigenvalue weighted by atomic mass is 9.96. The first-order valence-corrected chi connectivity index (χ1v) is 10.8. The number of carbonyl (C=O) groups excluding carboxylic acids is 2. The second-order valence-electron chi connectivity index (χ2n) is 7.53. The third-order valence-electron chi connectivity index (χ3n) is 5.24. The van der Waals surface area contributed by atoms with E-state index in [0.29, 0.717) is 42.3 Å². The molecule has 1 saturated heterocycles. The van der Waals surface area contributed by atoms with Crippen LogP contribution < -0.4 is 4.74 Å². The molecule has 0 N–H and O–H groups in total. The number of benzene rings is 2. The number of amides is 1. The normalized spacial score (nSPS) is 14.2. The number of piperidine rings is 1. The summed E-state index contributed by atoms with van der Waals surface area (Å²) >= 11 is 5.87. The molecule has 2 heterocycles. The first-order chi connectivity index (χ1) is 16.0. The molecule has 8 nitrogen and oxygen atoms in total. The van der Waals surface area contributed by atoms with Gasteiger partial charge in [-0.1, -0.05) is 16.8 Å². The van der Waals surface area contributed by atoms with Gasteiger partial charge in [0.2, 0.25) is 5.82 Å². The van der Waals surface area contributed by atoms with Gasteiger partial charge in [0.25, 0.3) is 11.8 Å². The molecule has 0 bridgehead atoms. The van der Waals surface area contributed by atoms with Crippen LogP contribution in [0.2, 0.25) is 5.02 Å². The Kier molecular flexibility index (Phi) is 7.19. The smallest absolute Gasteiger partial charge is 0.309 e. The van der Waals surface area contributed by atoms with E-state index >= 15 is 0 Å². The van der Waals surface area contributed by atoms with Crippen LogP contribution in [0.15, 0.2) is 53.1 Å². The Morgan fingerprint density at radius 3 is 2.45 bits per heavy atom. The molecule has 1 amide bonds. The summed E-state index contributed by atoms with van der Waals surface area (Å²) in [5, 5.41) is 4.35. The molecule has 1 aromatic heterocycles. The zero-order valence-corrected chi connectivity index (χ0v) is 18.3. The van der Waals surface area contributed by atoms with Crippen molar-refractivity contribution in [2.24, 2.45) is 5.92 Å². The molecule has 0 saturated carbocycles. The number of esters is 1. The summed E-state index contributed by atoms with van der Waals surface area (Å²) in [7, 11) is 0. The topological polar surface area (TPSA) is 94.8 Å². The van der Waals surface area contributed by atoms with Gasteiger partial charge in [0.05, 0.1) is 5.92 Å². The number of aromatic nitrogens is 2. The Hall–Kier alpha value is -3.46. The van der Waals surface area contributed by atoms with Gasteiger partial charge < -0.3 is 18.9 Å². The predicted molar refractivity (Wildman–Crippen MR) is 115 cm³/mol. The van der Waals surface area contributed by atoms with Crippen molar-refractivity contribution in [1.82, 2.24) is 15.0 Å². The maximum Gasteiger partial charge on any atom is 0.309 e. The van der Waals surface area contributed by atoms with Gasteiger partial charge in [0.1, 0.15) is 11.6 Å². The summed E-state index contributed by atoms with van der Waals surface area (Å²) in [5.41, 5.74) is 0.566. The summed E-state index contributed by atoms with van der Waals surface area (Å²) in [4.78, 5) is 30.8. The number of hydrogen-bond donors (Lipinski definition) is 0. The minimum atomic E-state index is -0.365. The van der Waals surface area contributed by atoms with Gasteiger partial charge in [-0.2, -0.15) is 4.98 Å². The quantitative estimate of drug-likeness (QED) is 0.478. The minimum absolute atomic E-state index is 0.0309. The standard InChI is InChI=1S/C23H21ClFN3O5/c24-17-3-1-15(2-4-17)22(29)28-11-9-16(10-12-28)23(30)32-14-21-26-20(27-33-21)13-31-19-7-5-18(25)6-8-19/h1-8,16H,9-14H2. The Morgan fingerprint density at radius 1 is 1.06 bits per heavy atom. The zero-order chi connectivity index (χ0) is 23.2. The largest absolute Gasteiger partial charge is 0.485 e. The number of hydrogen-bond acceptors (Lipinski definition) is 7. The van der Waals surface area contributed by atoms with Crippen molar-refractivity contribution in [2.45, 2.75) is 26.1 Å². The van der Waals surface area contributed by atoms with E-state index in [1.165, 1.54) is 24.3 Å². The van der Waals surface area contributed by atoms with Crippen molar-refractivity contribution in [1.29, 1.82) is 0 Å². The van der Waals surface area contributed by atoms with Crippen LogP contribution in [0.5, 0.6) is 5.75 Å². The molecule has 172 valence electrons. The molecule has 0 unspecified atom stereocenters. The first kappa shape index (κ1) is 22.7. The second kappa shape index (κ2) is 10.4. The average Bonchev–Trinajstić information content (AvgIpc) is 3.30. The van der Waals surface area contributed by atoms with Crippen LogP contribution in [0.1, 0.15) is 34.9 Å². The molecule has 0 aliphatic carbocycles. The zero-order valence-electron chi connectivity index (χ0n) is 17.6. The Balaban J connectivity index is 1.20. The van der Waals surface area contributed by atoms with E-state index in [1.54, 1.807) is 29.2 Å². The van der Waals surface area contributed by atoms with Gasteiger partial charge in [-0.3, -0.25) is 9.59 Å². The van der Waals surface area contributed by atoms with Crippen LogP contribution >= 0.6 is 11.6 Å². The SMILES string of the molecule is O=C(OCc1nc(COc2ccc(F)cc2)no1)C1CCN(C(=O)c2ccc(Cl)cc2)CC1. The summed E-state index contributed by atoms with van der Waals surface area (Å²) in [6, 6.07) is 12.3. The van der Waals surface area contributed by atoms with Crippen molar-refractivity contribution in [3.05, 3.63) is 76.6 Å². The second-order valence-corrected chi connectivity index (χ2v) is 7.96. The molecule has 3 aromatic rings.